The Labute approximate surface area is 311 Å². The van der Waals surface area contributed by atoms with Crippen LogP contribution in [-0.2, 0) is 19.2 Å². The number of aromatic amines is 2. The van der Waals surface area contributed by atoms with Crippen molar-refractivity contribution in [3.05, 3.63) is 112 Å². The number of fused-ring (bicyclic) bond motifs is 12. The molecule has 3 aromatic rings. The molecule has 0 saturated carbocycles. The van der Waals surface area contributed by atoms with Gasteiger partial charge in [-0.15, -0.1) is 0 Å². The Morgan fingerprint density at radius 2 is 0.885 bits per heavy atom. The quantitative estimate of drug-likeness (QED) is 0.227. The Balaban J connectivity index is 1.20. The summed E-state index contributed by atoms with van der Waals surface area (Å²) >= 11 is 5.30. The minimum absolute atomic E-state index is 0.0773. The van der Waals surface area contributed by atoms with Gasteiger partial charge in [-0.05, 0) is 40.5 Å². The van der Waals surface area contributed by atoms with Gasteiger partial charge in [0, 0.05) is 38.8 Å². The highest BCUT2D eigenvalue weighted by Gasteiger charge is 2.46. The van der Waals surface area contributed by atoms with Crippen molar-refractivity contribution in [1.82, 2.24) is 24.9 Å². The summed E-state index contributed by atoms with van der Waals surface area (Å²) in [5.41, 5.74) is 12.8. The molecule has 13 heteroatoms. The van der Waals surface area contributed by atoms with Gasteiger partial charge in [-0.1, -0.05) is 95.7 Å². The van der Waals surface area contributed by atoms with E-state index in [2.05, 4.69) is 40.3 Å². The molecule has 8 atom stereocenters. The molecule has 0 radical (unpaired) electrons. The lowest BCUT2D eigenvalue weighted by Gasteiger charge is -2.31. The van der Waals surface area contributed by atoms with E-state index in [9.17, 15) is 19.2 Å². The summed E-state index contributed by atoms with van der Waals surface area (Å²) in [5, 5.41) is -0.358. The first-order valence-electron chi connectivity index (χ1n) is 17.1. The molecule has 8 unspecified atom stereocenters. The van der Waals surface area contributed by atoms with Gasteiger partial charge in [0.1, 0.15) is 5.65 Å². The highest BCUT2D eigenvalue weighted by atomic mass is 32.2. The van der Waals surface area contributed by atoms with Crippen LogP contribution in [0.5, 0.6) is 0 Å². The Bertz CT molecular complexity index is 2610. The van der Waals surface area contributed by atoms with E-state index in [0.717, 1.165) is 78.2 Å². The zero-order chi connectivity index (χ0) is 34.3. The predicted octanol–water partition coefficient (Wildman–Crippen LogP) is 7.12. The van der Waals surface area contributed by atoms with Crippen LogP contribution in [-0.4, -0.2) is 55.9 Å². The van der Waals surface area contributed by atoms with Crippen molar-refractivity contribution in [1.29, 1.82) is 0 Å². The van der Waals surface area contributed by atoms with Crippen LogP contribution in [0, 0.1) is 11.8 Å². The summed E-state index contributed by atoms with van der Waals surface area (Å²) in [6.45, 7) is 0. The van der Waals surface area contributed by atoms with Gasteiger partial charge in [-0.3, -0.25) is 19.2 Å². The first-order valence-corrected chi connectivity index (χ1v) is 20.6. The Morgan fingerprint density at radius 1 is 0.423 bits per heavy atom. The normalized spacial score (nSPS) is 32.0. The van der Waals surface area contributed by atoms with Gasteiger partial charge >= 0.3 is 0 Å². The zero-order valence-corrected chi connectivity index (χ0v) is 29.8. The first kappa shape index (κ1) is 29.1. The number of hydrogen-bond acceptors (Lipinski definition) is 11. The summed E-state index contributed by atoms with van der Waals surface area (Å²) in [6, 6.07) is 6.11. The number of carbonyl (C=O) groups excluding carboxylic acids is 4. The molecule has 17 rings (SSSR count). The maximum absolute atomic E-state index is 13.4. The number of aromatic nitrogens is 5. The summed E-state index contributed by atoms with van der Waals surface area (Å²) in [4.78, 5) is 76.4. The molecule has 14 aliphatic rings. The summed E-state index contributed by atoms with van der Waals surface area (Å²) < 4.78 is 0. The molecule has 9 nitrogen and oxygen atoms in total. The van der Waals surface area contributed by atoms with Crippen LogP contribution in [0.15, 0.2) is 66.8 Å². The Kier molecular flexibility index (Phi) is 5.45. The second-order valence-corrected chi connectivity index (χ2v) is 18.9. The van der Waals surface area contributed by atoms with E-state index in [1.54, 1.807) is 0 Å². The summed E-state index contributed by atoms with van der Waals surface area (Å²) in [5.74, 6) is -1.24. The molecule has 250 valence electrons. The fraction of sp³-hybridized carbons (Fsp3) is 0.205. The number of allylic oxidation sites excluding steroid dienone is 6. The van der Waals surface area contributed by atoms with E-state index in [1.807, 2.05) is 36.4 Å². The van der Waals surface area contributed by atoms with Crippen LogP contribution in [0.3, 0.4) is 0 Å². The van der Waals surface area contributed by atoms with Crippen molar-refractivity contribution in [2.75, 3.05) is 0 Å². The van der Waals surface area contributed by atoms with Gasteiger partial charge < -0.3 is 9.97 Å². The van der Waals surface area contributed by atoms with Crippen LogP contribution < -0.4 is 0 Å². The minimum Gasteiger partial charge on any atom is -0.355 e. The van der Waals surface area contributed by atoms with Gasteiger partial charge in [-0.25, -0.2) is 15.0 Å². The van der Waals surface area contributed by atoms with E-state index < -0.39 is 23.7 Å². The standard InChI is InChI=1S/C39H21N5O4S4/c45-36-12-1-6-23(50-36)31-20-11-18-28-14-3-8-25(52-38(14)47)33(28)35(42-18)44-34-29-15-4-7-24(51-39(15)48)32(29)21(43-34)10-17-27-13-2-5-22(49-37(13)46)30(27)19(41-17)9-16(40-20)26(12)31/h1-15,22-25,41H,(H,42,43,44). The van der Waals surface area contributed by atoms with Crippen LogP contribution in [0.25, 0.3) is 44.5 Å². The highest BCUT2D eigenvalue weighted by Crippen LogP contribution is 2.57. The van der Waals surface area contributed by atoms with Crippen molar-refractivity contribution in [3.63, 3.8) is 0 Å². The largest absolute Gasteiger partial charge is 0.355 e. The van der Waals surface area contributed by atoms with E-state index in [1.165, 1.54) is 47.0 Å². The van der Waals surface area contributed by atoms with Crippen LogP contribution in [0.2, 0.25) is 0 Å². The zero-order valence-electron chi connectivity index (χ0n) is 26.6. The number of carbonyl (C=O) groups is 4. The molecule has 0 amide bonds. The van der Waals surface area contributed by atoms with Gasteiger partial charge in [-0.2, -0.15) is 0 Å². The third-order valence-electron chi connectivity index (χ3n) is 11.7. The summed E-state index contributed by atoms with van der Waals surface area (Å²) in [7, 11) is 0. The number of nitrogens with zero attached hydrogens (tertiary/aromatic N) is 3. The molecule has 10 aliphatic heterocycles. The van der Waals surface area contributed by atoms with Gasteiger partial charge in [0.25, 0.3) is 0 Å². The highest BCUT2D eigenvalue weighted by molar-refractivity contribution is 8.15. The minimum atomic E-state index is -0.468. The second kappa shape index (κ2) is 9.75. The second-order valence-electron chi connectivity index (χ2n) is 14.3. The van der Waals surface area contributed by atoms with Crippen molar-refractivity contribution in [2.45, 2.75) is 32.8 Å². The molecule has 52 heavy (non-hydrogen) atoms. The molecule has 13 heterocycles. The topological polar surface area (TPSA) is 139 Å². The molecular weight excluding hydrogens is 731 g/mol. The molecule has 4 aliphatic carbocycles. The van der Waals surface area contributed by atoms with E-state index in [0.29, 0.717) is 11.5 Å². The molecule has 2 N–H and O–H groups in total. The molecule has 0 aromatic carbocycles. The lowest BCUT2D eigenvalue weighted by atomic mass is 9.85. The van der Waals surface area contributed by atoms with Crippen molar-refractivity contribution < 1.29 is 19.2 Å². The Hall–Kier alpha value is -4.43. The number of rotatable bonds is 0. The molecule has 0 saturated heterocycles. The van der Waals surface area contributed by atoms with Crippen molar-refractivity contribution in [3.8, 4) is 0 Å². The van der Waals surface area contributed by atoms with Crippen molar-refractivity contribution >= 4 is 112 Å². The molecule has 0 fully saturated rings. The molecule has 0 spiro atoms. The average molecular weight is 752 g/mol. The molecular formula is C39H21N5O4S4. The number of H-pyrrole nitrogens is 2. The maximum atomic E-state index is 13.4. The smallest absolute Gasteiger partial charge is 0.201 e. The number of thioether (sulfide) groups is 4. The lowest BCUT2D eigenvalue weighted by molar-refractivity contribution is -0.112. The maximum Gasteiger partial charge on any atom is 0.201 e. The van der Waals surface area contributed by atoms with Gasteiger partial charge in [0.2, 0.25) is 20.5 Å². The SMILES string of the molecule is O=C1SC2C=CC1C1=C2c2cc3[nH]c(nc4nc(cc5[nH]c(cc1n2)c1c5C2C=CC1SC2=O)C1=C4C2C=CC1SC2=O)c1c3C2C=CC1SC2=O. The molecule has 3 aromatic heterocycles. The van der Waals surface area contributed by atoms with Crippen LogP contribution in [0.1, 0.15) is 67.5 Å². The van der Waals surface area contributed by atoms with Gasteiger partial charge in [0.05, 0.1) is 61.8 Å². The van der Waals surface area contributed by atoms with E-state index in [-0.39, 0.29) is 41.5 Å². The number of hydrogen-bond donors (Lipinski definition) is 2. The van der Waals surface area contributed by atoms with Crippen LogP contribution >= 0.6 is 47.0 Å². The predicted molar refractivity (Wildman–Crippen MR) is 205 cm³/mol. The molecule has 16 bridgehead atoms. The number of nitrogens with one attached hydrogen (secondary N) is 2. The average Bonchev–Trinajstić information content (AvgIpc) is 3.90. The lowest BCUT2D eigenvalue weighted by Crippen LogP contribution is -2.26. The van der Waals surface area contributed by atoms with E-state index >= 15 is 0 Å². The third kappa shape index (κ3) is 3.56. The first-order chi connectivity index (χ1) is 25.4. The van der Waals surface area contributed by atoms with E-state index in [4.69, 9.17) is 15.0 Å². The van der Waals surface area contributed by atoms with Crippen molar-refractivity contribution in [2.24, 2.45) is 11.8 Å². The van der Waals surface area contributed by atoms with Crippen LogP contribution in [0.4, 0.5) is 0 Å². The summed E-state index contributed by atoms with van der Waals surface area (Å²) in [6.07, 6.45) is 16.3. The monoisotopic (exact) mass is 751 g/mol. The van der Waals surface area contributed by atoms with Gasteiger partial charge in [0.15, 0.2) is 5.82 Å². The fourth-order valence-corrected chi connectivity index (χ4v) is 14.1. The third-order valence-corrected chi connectivity index (χ3v) is 16.2. The fourth-order valence-electron chi connectivity index (χ4n) is 9.57. The Morgan fingerprint density at radius 3 is 1.54 bits per heavy atom.